The number of ether oxygens (including phenoxy) is 2. The first kappa shape index (κ1) is 26.0. The summed E-state index contributed by atoms with van der Waals surface area (Å²) in [5.74, 6) is -0.210. The predicted octanol–water partition coefficient (Wildman–Crippen LogP) is -0.173. The van der Waals surface area contributed by atoms with Crippen LogP contribution in [0.1, 0.15) is 59.3 Å². The van der Waals surface area contributed by atoms with Crippen LogP contribution in [0.5, 0.6) is 0 Å². The molecule has 1 spiro atoms. The molecule has 0 aromatic rings. The van der Waals surface area contributed by atoms with Crippen molar-refractivity contribution < 1.29 is 45.2 Å². The fourth-order valence-corrected chi connectivity index (χ4v) is 8.71. The van der Waals surface area contributed by atoms with E-state index in [1.165, 1.54) is 0 Å². The molecule has 1 saturated heterocycles. The topological polar surface area (TPSA) is 160 Å². The number of fused-ring (bicyclic) bond motifs is 2. The van der Waals surface area contributed by atoms with Crippen LogP contribution >= 0.6 is 0 Å². The zero-order valence-corrected chi connectivity index (χ0v) is 20.9. The van der Waals surface area contributed by atoms with Gasteiger partial charge in [0.15, 0.2) is 6.29 Å². The molecule has 4 saturated carbocycles. The van der Waals surface area contributed by atoms with Gasteiger partial charge >= 0.3 is 0 Å². The fourth-order valence-electron chi connectivity index (χ4n) is 8.71. The summed E-state index contributed by atoms with van der Waals surface area (Å²) >= 11 is 0. The Morgan fingerprint density at radius 1 is 0.971 bits per heavy atom. The smallest absolute Gasteiger partial charge is 0.186 e. The van der Waals surface area contributed by atoms with Gasteiger partial charge in [0.1, 0.15) is 30.0 Å². The van der Waals surface area contributed by atoms with Crippen LogP contribution in [0.25, 0.3) is 0 Å². The summed E-state index contributed by atoms with van der Waals surface area (Å²) in [6.45, 7) is 9.42. The molecule has 35 heavy (non-hydrogen) atoms. The van der Waals surface area contributed by atoms with Crippen molar-refractivity contribution in [1.82, 2.24) is 0 Å². The van der Waals surface area contributed by atoms with Crippen molar-refractivity contribution in [2.75, 3.05) is 6.61 Å². The van der Waals surface area contributed by atoms with Gasteiger partial charge < -0.3 is 45.2 Å². The van der Waals surface area contributed by atoms with Gasteiger partial charge in [-0.1, -0.05) is 26.0 Å². The summed E-state index contributed by atoms with van der Waals surface area (Å²) in [6.07, 6.45) is -4.90. The van der Waals surface area contributed by atoms with Gasteiger partial charge in [-0.15, -0.1) is 0 Å². The molecule has 0 unspecified atom stereocenters. The van der Waals surface area contributed by atoms with Crippen molar-refractivity contribution in [1.29, 1.82) is 0 Å². The van der Waals surface area contributed by atoms with E-state index in [1.54, 1.807) is 0 Å². The summed E-state index contributed by atoms with van der Waals surface area (Å²) < 4.78 is 11.7. The van der Waals surface area contributed by atoms with Crippen molar-refractivity contribution in [3.63, 3.8) is 0 Å². The van der Waals surface area contributed by atoms with Crippen molar-refractivity contribution in [3.05, 3.63) is 12.2 Å². The van der Waals surface area contributed by atoms with E-state index in [1.807, 2.05) is 20.8 Å². The minimum Gasteiger partial charge on any atom is -0.394 e. The highest BCUT2D eigenvalue weighted by atomic mass is 16.7. The zero-order valence-electron chi connectivity index (χ0n) is 20.9. The highest BCUT2D eigenvalue weighted by molar-refractivity contribution is 5.30. The first-order valence-corrected chi connectivity index (χ1v) is 13.0. The fraction of sp³-hybridized carbons (Fsp3) is 0.923. The number of aliphatic hydroxyl groups is 7. The summed E-state index contributed by atoms with van der Waals surface area (Å²) in [6, 6.07) is 0. The largest absolute Gasteiger partial charge is 0.394 e. The van der Waals surface area contributed by atoms with E-state index < -0.39 is 72.1 Å². The predicted molar refractivity (Wildman–Crippen MR) is 124 cm³/mol. The Morgan fingerprint density at radius 2 is 1.66 bits per heavy atom. The van der Waals surface area contributed by atoms with Crippen molar-refractivity contribution in [3.8, 4) is 0 Å². The van der Waals surface area contributed by atoms with Crippen LogP contribution < -0.4 is 0 Å². The Balaban J connectivity index is 1.44. The molecule has 0 aromatic carbocycles. The van der Waals surface area contributed by atoms with E-state index in [-0.39, 0.29) is 17.3 Å². The first-order valence-electron chi connectivity index (χ1n) is 13.0. The van der Waals surface area contributed by atoms with Crippen LogP contribution in [0.15, 0.2) is 12.2 Å². The second-order valence-electron chi connectivity index (χ2n) is 12.9. The number of hydrogen-bond acceptors (Lipinski definition) is 9. The summed E-state index contributed by atoms with van der Waals surface area (Å²) in [5, 5.41) is 75.2. The van der Waals surface area contributed by atoms with Crippen LogP contribution in [0, 0.1) is 28.6 Å². The average molecular weight is 499 g/mol. The molecule has 5 fully saturated rings. The van der Waals surface area contributed by atoms with Gasteiger partial charge in [0.2, 0.25) is 0 Å². The van der Waals surface area contributed by atoms with Gasteiger partial charge in [-0.3, -0.25) is 0 Å². The SMILES string of the molecule is C=C1[C@@H]2CC[C@H]3C[C@@]2(C[C@H](O)[C@@]2(O)[C@H]1C[C@@H](O[C@H]1O[C@@H](CO)[C@H](O)[C@@H](O)[C@@H]1O)C2(C)C)C[C@]3(C)O. The van der Waals surface area contributed by atoms with E-state index in [9.17, 15) is 35.7 Å². The summed E-state index contributed by atoms with van der Waals surface area (Å²) in [7, 11) is 0. The van der Waals surface area contributed by atoms with Crippen LogP contribution in [-0.4, -0.2) is 96.5 Å². The number of rotatable bonds is 3. The lowest BCUT2D eigenvalue weighted by molar-refractivity contribution is -0.321. The lowest BCUT2D eigenvalue weighted by atomic mass is 9.63. The molecular formula is C26H42O9. The van der Waals surface area contributed by atoms with Gasteiger partial charge in [-0.05, 0) is 62.7 Å². The molecule has 200 valence electrons. The normalized spacial score (nSPS) is 57.5. The van der Waals surface area contributed by atoms with Crippen molar-refractivity contribution >= 4 is 0 Å². The summed E-state index contributed by atoms with van der Waals surface area (Å²) in [4.78, 5) is 0. The molecule has 1 heterocycles. The minimum absolute atomic E-state index is 0.0724. The Bertz CT molecular complexity index is 858. The Kier molecular flexibility index (Phi) is 6.08. The molecule has 1 aliphatic heterocycles. The molecule has 0 aromatic heterocycles. The lowest BCUT2D eigenvalue weighted by Crippen LogP contribution is -2.61. The third kappa shape index (κ3) is 3.47. The number of hydrogen-bond donors (Lipinski definition) is 7. The van der Waals surface area contributed by atoms with Crippen LogP contribution in [-0.2, 0) is 9.47 Å². The third-order valence-corrected chi connectivity index (χ3v) is 10.8. The number of aliphatic hydroxyl groups excluding tert-OH is 5. The van der Waals surface area contributed by atoms with Crippen LogP contribution in [0.3, 0.4) is 0 Å². The molecule has 9 nitrogen and oxygen atoms in total. The molecule has 2 bridgehead atoms. The maximum absolute atomic E-state index is 12.2. The first-order chi connectivity index (χ1) is 16.2. The highest BCUT2D eigenvalue weighted by Crippen LogP contribution is 2.69. The molecule has 9 heteroatoms. The maximum Gasteiger partial charge on any atom is 0.186 e. The molecule has 0 radical (unpaired) electrons. The van der Waals surface area contributed by atoms with Gasteiger partial charge in [-0.2, -0.15) is 0 Å². The minimum atomic E-state index is -1.56. The Labute approximate surface area is 206 Å². The van der Waals surface area contributed by atoms with Crippen LogP contribution in [0.4, 0.5) is 0 Å². The van der Waals surface area contributed by atoms with Gasteiger partial charge in [-0.25, -0.2) is 0 Å². The molecule has 5 aliphatic rings. The van der Waals surface area contributed by atoms with Gasteiger partial charge in [0.05, 0.1) is 24.4 Å². The average Bonchev–Trinajstić information content (AvgIpc) is 3.08. The molecular weight excluding hydrogens is 456 g/mol. The second kappa shape index (κ2) is 8.19. The van der Waals surface area contributed by atoms with E-state index in [0.717, 1.165) is 24.8 Å². The molecule has 0 amide bonds. The Hall–Kier alpha value is -0.620. The van der Waals surface area contributed by atoms with E-state index in [0.29, 0.717) is 19.3 Å². The second-order valence-corrected chi connectivity index (χ2v) is 12.9. The highest BCUT2D eigenvalue weighted by Gasteiger charge is 2.70. The van der Waals surface area contributed by atoms with Crippen molar-refractivity contribution in [2.24, 2.45) is 28.6 Å². The standard InChI is InChI=1S/C26H42O9/c1-12-14-6-5-13-8-25(14,11-24(13,4)32)9-17(28)26(33)15(12)7-18(23(26,2)3)35-22-21(31)20(30)19(29)16(10-27)34-22/h13-22,27-33H,1,5-11H2,2-4H3/t13-,14-,15-,16-,17-,18+,19-,20+,21-,22+,24-,25+,26-/m0/s1. The van der Waals surface area contributed by atoms with E-state index in [4.69, 9.17) is 9.47 Å². The van der Waals surface area contributed by atoms with Gasteiger partial charge in [0, 0.05) is 11.3 Å². The third-order valence-electron chi connectivity index (χ3n) is 10.8. The molecule has 5 rings (SSSR count). The van der Waals surface area contributed by atoms with E-state index in [2.05, 4.69) is 6.58 Å². The zero-order chi connectivity index (χ0) is 25.7. The molecule has 7 N–H and O–H groups in total. The Morgan fingerprint density at radius 3 is 2.31 bits per heavy atom. The van der Waals surface area contributed by atoms with Gasteiger partial charge in [0.25, 0.3) is 0 Å². The molecule has 4 aliphatic carbocycles. The van der Waals surface area contributed by atoms with Crippen molar-refractivity contribution in [2.45, 2.75) is 113 Å². The van der Waals surface area contributed by atoms with Crippen LogP contribution in [0.2, 0.25) is 0 Å². The maximum atomic E-state index is 12.2. The lowest BCUT2D eigenvalue weighted by Gasteiger charge is -2.47. The quantitative estimate of drug-likeness (QED) is 0.262. The van der Waals surface area contributed by atoms with E-state index >= 15 is 0 Å². The molecule has 13 atom stereocenters. The monoisotopic (exact) mass is 498 g/mol. The summed E-state index contributed by atoms with van der Waals surface area (Å²) in [5.41, 5.74) is -2.75.